The molecule has 1 unspecified atom stereocenters. The van der Waals surface area contributed by atoms with E-state index in [1.165, 1.54) is 19.3 Å². The van der Waals surface area contributed by atoms with Crippen LogP contribution in [-0.4, -0.2) is 49.7 Å². The van der Waals surface area contributed by atoms with Crippen molar-refractivity contribution in [3.05, 3.63) is 35.4 Å². The molecule has 9 heteroatoms. The monoisotopic (exact) mass is 526 g/mol. The van der Waals surface area contributed by atoms with Crippen molar-refractivity contribution in [1.29, 1.82) is 0 Å². The number of hydrogen-bond acceptors (Lipinski definition) is 3. The maximum atomic E-state index is 12.9. The highest BCUT2D eigenvalue weighted by atomic mass is 127. The Kier molecular flexibility index (Phi) is 9.48. The zero-order valence-electron chi connectivity index (χ0n) is 16.5. The Morgan fingerprint density at radius 3 is 2.34 bits per heavy atom. The van der Waals surface area contributed by atoms with E-state index in [-0.39, 0.29) is 30.0 Å². The molecule has 0 bridgehead atoms. The normalized spacial score (nSPS) is 20.7. The van der Waals surface area contributed by atoms with Crippen LogP contribution in [0.25, 0.3) is 0 Å². The van der Waals surface area contributed by atoms with Crippen LogP contribution < -0.4 is 11.1 Å². The summed E-state index contributed by atoms with van der Waals surface area (Å²) in [6.45, 7) is 3.05. The van der Waals surface area contributed by atoms with Crippen LogP contribution in [0, 0.1) is 0 Å². The summed E-state index contributed by atoms with van der Waals surface area (Å²) in [5, 5.41) is 3.29. The van der Waals surface area contributed by atoms with E-state index in [9.17, 15) is 13.2 Å². The van der Waals surface area contributed by atoms with E-state index in [1.54, 1.807) is 12.1 Å². The zero-order valence-corrected chi connectivity index (χ0v) is 18.8. The number of morpholine rings is 1. The quantitative estimate of drug-likeness (QED) is 0.347. The summed E-state index contributed by atoms with van der Waals surface area (Å²) in [6.07, 6.45) is 1.53. The van der Waals surface area contributed by atoms with Gasteiger partial charge in [0, 0.05) is 19.1 Å². The van der Waals surface area contributed by atoms with Gasteiger partial charge in [0.15, 0.2) is 5.96 Å². The van der Waals surface area contributed by atoms with Gasteiger partial charge in [0.2, 0.25) is 0 Å². The van der Waals surface area contributed by atoms with Gasteiger partial charge in [0.05, 0.1) is 31.4 Å². The van der Waals surface area contributed by atoms with Crippen molar-refractivity contribution in [3.63, 3.8) is 0 Å². The second-order valence-corrected chi connectivity index (χ2v) is 7.49. The number of nitrogens with two attached hydrogens (primary N) is 1. The van der Waals surface area contributed by atoms with E-state index < -0.39 is 11.7 Å². The Hall–Kier alpha value is -1.07. The summed E-state index contributed by atoms with van der Waals surface area (Å²) in [7, 11) is 0. The van der Waals surface area contributed by atoms with Gasteiger partial charge in [-0.1, -0.05) is 31.4 Å². The predicted molar refractivity (Wildman–Crippen MR) is 118 cm³/mol. The van der Waals surface area contributed by atoms with E-state index in [2.05, 4.69) is 15.2 Å². The van der Waals surface area contributed by atoms with Gasteiger partial charge in [0.1, 0.15) is 0 Å². The van der Waals surface area contributed by atoms with Gasteiger partial charge in [0.25, 0.3) is 0 Å². The van der Waals surface area contributed by atoms with Gasteiger partial charge < -0.3 is 15.8 Å². The number of benzene rings is 1. The van der Waals surface area contributed by atoms with Crippen molar-refractivity contribution < 1.29 is 17.9 Å². The van der Waals surface area contributed by atoms with Gasteiger partial charge in [-0.3, -0.25) is 9.89 Å². The van der Waals surface area contributed by atoms with Crippen molar-refractivity contribution in [3.8, 4) is 0 Å². The van der Waals surface area contributed by atoms with E-state index >= 15 is 0 Å². The molecule has 0 aromatic heterocycles. The van der Waals surface area contributed by atoms with Crippen molar-refractivity contribution in [2.45, 2.75) is 50.4 Å². The average Bonchev–Trinajstić information content (AvgIpc) is 2.69. The highest BCUT2D eigenvalue weighted by Crippen LogP contribution is 2.31. The third-order valence-corrected chi connectivity index (χ3v) is 5.50. The molecule has 1 aliphatic heterocycles. The predicted octanol–water partition coefficient (Wildman–Crippen LogP) is 3.93. The molecule has 3 rings (SSSR count). The number of ether oxygens (including phenoxy) is 1. The Morgan fingerprint density at radius 1 is 1.14 bits per heavy atom. The molecule has 1 atom stereocenters. The topological polar surface area (TPSA) is 62.9 Å². The first-order valence-electron chi connectivity index (χ1n) is 9.99. The van der Waals surface area contributed by atoms with Gasteiger partial charge in [-0.2, -0.15) is 13.2 Å². The molecule has 1 saturated carbocycles. The van der Waals surface area contributed by atoms with Crippen LogP contribution in [-0.2, 0) is 10.9 Å². The highest BCUT2D eigenvalue weighted by Gasteiger charge is 2.31. The molecule has 5 nitrogen and oxygen atoms in total. The van der Waals surface area contributed by atoms with E-state index in [0.717, 1.165) is 43.6 Å². The molecule has 1 aromatic rings. The summed E-state index contributed by atoms with van der Waals surface area (Å²) < 4.78 is 44.0. The first-order chi connectivity index (χ1) is 13.4. The van der Waals surface area contributed by atoms with Gasteiger partial charge in [-0.05, 0) is 30.5 Å². The minimum absolute atomic E-state index is 0. The molecule has 0 spiro atoms. The van der Waals surface area contributed by atoms with Gasteiger partial charge >= 0.3 is 6.18 Å². The number of rotatable bonds is 5. The van der Waals surface area contributed by atoms with E-state index in [1.807, 2.05) is 0 Å². The Labute approximate surface area is 187 Å². The van der Waals surface area contributed by atoms with Crippen molar-refractivity contribution in [2.24, 2.45) is 10.7 Å². The fourth-order valence-electron chi connectivity index (χ4n) is 3.90. The molecule has 2 aliphatic rings. The van der Waals surface area contributed by atoms with Gasteiger partial charge in [-0.15, -0.1) is 24.0 Å². The van der Waals surface area contributed by atoms with Crippen LogP contribution in [0.15, 0.2) is 29.3 Å². The van der Waals surface area contributed by atoms with Crippen LogP contribution >= 0.6 is 24.0 Å². The smallest absolute Gasteiger partial charge is 0.379 e. The average molecular weight is 526 g/mol. The maximum absolute atomic E-state index is 12.9. The molecule has 1 heterocycles. The first kappa shape index (κ1) is 24.2. The largest absolute Gasteiger partial charge is 0.416 e. The number of alkyl halides is 3. The Morgan fingerprint density at radius 2 is 1.76 bits per heavy atom. The fourth-order valence-corrected chi connectivity index (χ4v) is 3.90. The second-order valence-electron chi connectivity index (χ2n) is 7.49. The first-order valence-corrected chi connectivity index (χ1v) is 9.99. The lowest BCUT2D eigenvalue weighted by Gasteiger charge is -2.34. The fraction of sp³-hybridized carbons (Fsp3) is 0.650. The molecule has 29 heavy (non-hydrogen) atoms. The van der Waals surface area contributed by atoms with Gasteiger partial charge in [-0.25, -0.2) is 0 Å². The minimum Gasteiger partial charge on any atom is -0.379 e. The molecular formula is C20H30F3IN4O. The summed E-state index contributed by atoms with van der Waals surface area (Å²) in [5.74, 6) is 0.414. The van der Waals surface area contributed by atoms with Crippen molar-refractivity contribution in [2.75, 3.05) is 32.8 Å². The van der Waals surface area contributed by atoms with Crippen molar-refractivity contribution in [1.82, 2.24) is 10.2 Å². The van der Waals surface area contributed by atoms with Crippen LogP contribution in [0.3, 0.4) is 0 Å². The van der Waals surface area contributed by atoms with E-state index in [0.29, 0.717) is 31.8 Å². The number of guanidine groups is 1. The van der Waals surface area contributed by atoms with E-state index in [4.69, 9.17) is 10.5 Å². The molecule has 1 aliphatic carbocycles. The second kappa shape index (κ2) is 11.4. The number of aliphatic imine (C=N–C) groups is 1. The van der Waals surface area contributed by atoms with Crippen LogP contribution in [0.1, 0.15) is 49.3 Å². The van der Waals surface area contributed by atoms with Crippen LogP contribution in [0.4, 0.5) is 13.2 Å². The molecule has 1 aromatic carbocycles. The molecule has 0 amide bonds. The zero-order chi connectivity index (χ0) is 20.0. The molecular weight excluding hydrogens is 496 g/mol. The standard InChI is InChI=1S/C20H29F3N4O.HI/c21-20(22,23)16-8-6-15(7-9-16)18(27-10-12-28-13-11-27)14-25-19(24)26-17-4-2-1-3-5-17;/h6-9,17-18H,1-5,10-14H2,(H3,24,25,26);1H. The summed E-state index contributed by atoms with van der Waals surface area (Å²) in [5.41, 5.74) is 6.26. The maximum Gasteiger partial charge on any atom is 0.416 e. The van der Waals surface area contributed by atoms with Crippen LogP contribution in [0.2, 0.25) is 0 Å². The molecule has 2 fully saturated rings. The lowest BCUT2D eigenvalue weighted by molar-refractivity contribution is -0.137. The van der Waals surface area contributed by atoms with Crippen LogP contribution in [0.5, 0.6) is 0 Å². The lowest BCUT2D eigenvalue weighted by Crippen LogP contribution is -2.43. The summed E-state index contributed by atoms with van der Waals surface area (Å²) in [6, 6.07) is 5.60. The molecule has 1 saturated heterocycles. The molecule has 0 radical (unpaired) electrons. The lowest BCUT2D eigenvalue weighted by atomic mass is 9.96. The summed E-state index contributed by atoms with van der Waals surface area (Å²) in [4.78, 5) is 6.72. The SMILES string of the molecule is I.NC(=NCC(c1ccc(C(F)(F)F)cc1)N1CCOCC1)NC1CCCCC1. The third-order valence-electron chi connectivity index (χ3n) is 5.50. The van der Waals surface area contributed by atoms with Crippen molar-refractivity contribution >= 4 is 29.9 Å². The third kappa shape index (κ3) is 7.29. The number of hydrogen-bond donors (Lipinski definition) is 2. The number of nitrogens with zero attached hydrogens (tertiary/aromatic N) is 2. The Bertz CT molecular complexity index is 642. The summed E-state index contributed by atoms with van der Waals surface area (Å²) >= 11 is 0. The number of halogens is 4. The molecule has 164 valence electrons. The number of nitrogens with one attached hydrogen (secondary N) is 1. The molecule has 3 N–H and O–H groups in total. The Balaban J connectivity index is 0.00000300. The minimum atomic E-state index is -4.33. The highest BCUT2D eigenvalue weighted by molar-refractivity contribution is 14.0.